The quantitative estimate of drug-likeness (QED) is 0.451. The number of amides is 1. The Kier molecular flexibility index (Phi) is 6.42. The number of hydrogen-bond donors (Lipinski definition) is 1. The number of hydrogen-bond acceptors (Lipinski definition) is 4. The molecule has 1 N–H and O–H groups in total. The molecule has 0 heterocycles. The number of rotatable bonds is 8. The zero-order valence-corrected chi connectivity index (χ0v) is 11.2. The molecule has 0 atom stereocenters. The van der Waals surface area contributed by atoms with Crippen LogP contribution in [0.3, 0.4) is 0 Å². The van der Waals surface area contributed by atoms with Gasteiger partial charge < -0.3 is 10.1 Å². The van der Waals surface area contributed by atoms with E-state index in [1.807, 2.05) is 0 Å². The van der Waals surface area contributed by atoms with Crippen molar-refractivity contribution in [1.29, 1.82) is 0 Å². The molecule has 0 aliphatic rings. The fraction of sp³-hybridized carbons (Fsp3) is 0.462. The summed E-state index contributed by atoms with van der Waals surface area (Å²) in [5, 5.41) is 13.1. The predicted molar refractivity (Wildman–Crippen MR) is 71.1 cm³/mol. The van der Waals surface area contributed by atoms with Crippen LogP contribution >= 0.6 is 0 Å². The van der Waals surface area contributed by atoms with Crippen LogP contribution in [0.15, 0.2) is 18.2 Å². The van der Waals surface area contributed by atoms with E-state index in [2.05, 4.69) is 12.2 Å². The first-order chi connectivity index (χ1) is 9.54. The number of nitro benzene ring substituents is 1. The average molecular weight is 284 g/mol. The normalized spacial score (nSPS) is 10.1. The number of benzene rings is 1. The van der Waals surface area contributed by atoms with Crippen molar-refractivity contribution in [2.75, 3.05) is 13.2 Å². The predicted octanol–water partition coefficient (Wildman–Crippen LogP) is 2.42. The van der Waals surface area contributed by atoms with Crippen LogP contribution < -0.4 is 10.1 Å². The molecule has 0 aliphatic heterocycles. The minimum absolute atomic E-state index is 0.181. The number of halogens is 1. The molecular weight excluding hydrogens is 267 g/mol. The molecule has 0 aromatic heterocycles. The third kappa shape index (κ3) is 5.21. The number of nitrogens with one attached hydrogen (secondary N) is 1. The molecule has 0 fully saturated rings. The first-order valence-electron chi connectivity index (χ1n) is 6.38. The minimum atomic E-state index is -0.863. The van der Waals surface area contributed by atoms with Crippen molar-refractivity contribution in [3.05, 3.63) is 34.1 Å². The highest BCUT2D eigenvalue weighted by molar-refractivity contribution is 5.77. The number of non-ortho nitro benzene ring substituents is 1. The summed E-state index contributed by atoms with van der Waals surface area (Å²) < 4.78 is 18.4. The Hall–Kier alpha value is -2.18. The van der Waals surface area contributed by atoms with Crippen LogP contribution in [-0.4, -0.2) is 24.0 Å². The summed E-state index contributed by atoms with van der Waals surface area (Å²) in [6, 6.07) is 3.02. The van der Waals surface area contributed by atoms with Gasteiger partial charge in [0.2, 0.25) is 0 Å². The molecule has 1 amide bonds. The van der Waals surface area contributed by atoms with E-state index in [1.54, 1.807) is 0 Å². The fourth-order valence-corrected chi connectivity index (χ4v) is 1.52. The van der Waals surface area contributed by atoms with Gasteiger partial charge in [-0.1, -0.05) is 19.8 Å². The molecule has 1 aromatic carbocycles. The SMILES string of the molecule is CCCCCNC(=O)COc1ccc([N+](=O)[O-])cc1F. The van der Waals surface area contributed by atoms with Gasteiger partial charge in [-0.05, 0) is 12.5 Å². The van der Waals surface area contributed by atoms with Gasteiger partial charge in [0, 0.05) is 12.6 Å². The summed E-state index contributed by atoms with van der Waals surface area (Å²) in [6.07, 6.45) is 2.96. The van der Waals surface area contributed by atoms with Crippen molar-refractivity contribution in [3.63, 3.8) is 0 Å². The molecule has 0 unspecified atom stereocenters. The van der Waals surface area contributed by atoms with E-state index >= 15 is 0 Å². The van der Waals surface area contributed by atoms with E-state index in [-0.39, 0.29) is 24.0 Å². The maximum absolute atomic E-state index is 13.5. The van der Waals surface area contributed by atoms with Crippen LogP contribution in [0.1, 0.15) is 26.2 Å². The van der Waals surface area contributed by atoms with E-state index in [0.717, 1.165) is 37.5 Å². The van der Waals surface area contributed by atoms with Crippen molar-refractivity contribution >= 4 is 11.6 Å². The van der Waals surface area contributed by atoms with E-state index < -0.39 is 10.7 Å². The molecule has 0 radical (unpaired) electrons. The lowest BCUT2D eigenvalue weighted by molar-refractivity contribution is -0.385. The van der Waals surface area contributed by atoms with Gasteiger partial charge in [-0.25, -0.2) is 4.39 Å². The molecule has 1 rings (SSSR count). The summed E-state index contributed by atoms with van der Waals surface area (Å²) in [7, 11) is 0. The fourth-order valence-electron chi connectivity index (χ4n) is 1.52. The largest absolute Gasteiger partial charge is 0.481 e. The van der Waals surface area contributed by atoms with Gasteiger partial charge in [0.15, 0.2) is 18.2 Å². The Labute approximate surface area is 116 Å². The van der Waals surface area contributed by atoms with Crippen molar-refractivity contribution in [2.24, 2.45) is 0 Å². The Bertz CT molecular complexity index is 479. The van der Waals surface area contributed by atoms with Crippen LogP contribution in [0.25, 0.3) is 0 Å². The Morgan fingerprint density at radius 1 is 1.45 bits per heavy atom. The highest BCUT2D eigenvalue weighted by Gasteiger charge is 2.12. The first-order valence-corrected chi connectivity index (χ1v) is 6.38. The monoisotopic (exact) mass is 284 g/mol. The highest BCUT2D eigenvalue weighted by Crippen LogP contribution is 2.22. The van der Waals surface area contributed by atoms with Gasteiger partial charge in [-0.3, -0.25) is 14.9 Å². The molecule has 6 nitrogen and oxygen atoms in total. The Morgan fingerprint density at radius 2 is 2.20 bits per heavy atom. The molecular formula is C13H17FN2O4. The van der Waals surface area contributed by atoms with Gasteiger partial charge in [0.05, 0.1) is 11.0 Å². The van der Waals surface area contributed by atoms with Crippen molar-refractivity contribution in [1.82, 2.24) is 5.32 Å². The standard InChI is InChI=1S/C13H17FN2O4/c1-2-3-4-7-15-13(17)9-20-12-6-5-10(16(18)19)8-11(12)14/h5-6,8H,2-4,7,9H2,1H3,(H,15,17). The lowest BCUT2D eigenvalue weighted by atomic mass is 10.2. The molecule has 7 heteroatoms. The average Bonchev–Trinajstić information content (AvgIpc) is 2.42. The lowest BCUT2D eigenvalue weighted by Gasteiger charge is -2.07. The number of carbonyl (C=O) groups is 1. The second-order valence-electron chi connectivity index (χ2n) is 4.22. The van der Waals surface area contributed by atoms with Gasteiger partial charge in [-0.2, -0.15) is 0 Å². The van der Waals surface area contributed by atoms with Gasteiger partial charge in [0.1, 0.15) is 0 Å². The molecule has 20 heavy (non-hydrogen) atoms. The summed E-state index contributed by atoms with van der Waals surface area (Å²) in [5.74, 6) is -1.39. The molecule has 0 bridgehead atoms. The summed E-state index contributed by atoms with van der Waals surface area (Å²) in [4.78, 5) is 21.1. The summed E-state index contributed by atoms with van der Waals surface area (Å²) >= 11 is 0. The van der Waals surface area contributed by atoms with E-state index in [9.17, 15) is 19.3 Å². The van der Waals surface area contributed by atoms with Crippen LogP contribution in [0, 0.1) is 15.9 Å². The number of unbranched alkanes of at least 4 members (excludes halogenated alkanes) is 2. The zero-order valence-electron chi connectivity index (χ0n) is 11.2. The zero-order chi connectivity index (χ0) is 15.0. The minimum Gasteiger partial charge on any atom is -0.481 e. The Balaban J connectivity index is 2.41. The molecule has 0 aliphatic carbocycles. The second kappa shape index (κ2) is 8.08. The molecule has 0 saturated carbocycles. The van der Waals surface area contributed by atoms with Crippen molar-refractivity contribution < 1.29 is 18.8 Å². The summed E-state index contributed by atoms with van der Waals surface area (Å²) in [5.41, 5.74) is -0.362. The van der Waals surface area contributed by atoms with Crippen LogP contribution in [0.4, 0.5) is 10.1 Å². The van der Waals surface area contributed by atoms with Gasteiger partial charge >= 0.3 is 0 Å². The number of carbonyl (C=O) groups excluding carboxylic acids is 1. The van der Waals surface area contributed by atoms with Crippen LogP contribution in [-0.2, 0) is 4.79 Å². The Morgan fingerprint density at radius 3 is 2.80 bits per heavy atom. The topological polar surface area (TPSA) is 81.5 Å². The molecule has 110 valence electrons. The van der Waals surface area contributed by atoms with Gasteiger partial charge in [-0.15, -0.1) is 0 Å². The molecule has 1 aromatic rings. The second-order valence-corrected chi connectivity index (χ2v) is 4.22. The highest BCUT2D eigenvalue weighted by atomic mass is 19.1. The number of nitro groups is 1. The van der Waals surface area contributed by atoms with Crippen molar-refractivity contribution in [3.8, 4) is 5.75 Å². The van der Waals surface area contributed by atoms with E-state index in [4.69, 9.17) is 4.74 Å². The van der Waals surface area contributed by atoms with E-state index in [0.29, 0.717) is 6.54 Å². The third-order valence-corrected chi connectivity index (χ3v) is 2.59. The van der Waals surface area contributed by atoms with Crippen LogP contribution in [0.5, 0.6) is 5.75 Å². The van der Waals surface area contributed by atoms with E-state index in [1.165, 1.54) is 0 Å². The van der Waals surface area contributed by atoms with Crippen LogP contribution in [0.2, 0.25) is 0 Å². The number of ether oxygens (including phenoxy) is 1. The maximum Gasteiger partial charge on any atom is 0.272 e. The third-order valence-electron chi connectivity index (χ3n) is 2.59. The molecule has 0 saturated heterocycles. The molecule has 0 spiro atoms. The smallest absolute Gasteiger partial charge is 0.272 e. The van der Waals surface area contributed by atoms with Gasteiger partial charge in [0.25, 0.3) is 11.6 Å². The number of nitrogens with zero attached hydrogens (tertiary/aromatic N) is 1. The maximum atomic E-state index is 13.5. The first kappa shape index (κ1) is 15.9. The van der Waals surface area contributed by atoms with Crippen molar-refractivity contribution in [2.45, 2.75) is 26.2 Å². The summed E-state index contributed by atoms with van der Waals surface area (Å²) in [6.45, 7) is 2.29. The lowest BCUT2D eigenvalue weighted by Crippen LogP contribution is -2.29.